The molecular formula is C21H25N3O. The van der Waals surface area contributed by atoms with E-state index in [1.807, 2.05) is 50.2 Å². The molecule has 0 aliphatic heterocycles. The van der Waals surface area contributed by atoms with Crippen LogP contribution in [0.25, 0.3) is 22.2 Å². The maximum Gasteiger partial charge on any atom is 0.251 e. The smallest absolute Gasteiger partial charge is 0.251 e. The molecule has 0 saturated carbocycles. The number of primary amides is 1. The third-order valence-corrected chi connectivity index (χ3v) is 5.17. The lowest BCUT2D eigenvalue weighted by molar-refractivity contribution is 0.1000. The predicted molar refractivity (Wildman–Crippen MR) is 103 cm³/mol. The molecule has 25 heavy (non-hydrogen) atoms. The van der Waals surface area contributed by atoms with E-state index in [0.717, 1.165) is 33.5 Å². The van der Waals surface area contributed by atoms with Gasteiger partial charge >= 0.3 is 0 Å². The Morgan fingerprint density at radius 1 is 1.04 bits per heavy atom. The summed E-state index contributed by atoms with van der Waals surface area (Å²) in [6.45, 7) is 10.6. The topological polar surface area (TPSA) is 60.9 Å². The number of nitrogens with two attached hydrogens (primary N) is 1. The monoisotopic (exact) mass is 335 g/mol. The van der Waals surface area contributed by atoms with E-state index in [4.69, 9.17) is 10.7 Å². The zero-order valence-electron chi connectivity index (χ0n) is 15.5. The molecule has 4 heteroatoms. The molecule has 1 amide bonds. The van der Waals surface area contributed by atoms with E-state index in [0.29, 0.717) is 11.5 Å². The summed E-state index contributed by atoms with van der Waals surface area (Å²) >= 11 is 0. The number of amides is 1. The number of hydrogen-bond donors (Lipinski definition) is 1. The molecule has 1 unspecified atom stereocenters. The van der Waals surface area contributed by atoms with Crippen LogP contribution < -0.4 is 5.73 Å². The van der Waals surface area contributed by atoms with Gasteiger partial charge < -0.3 is 10.3 Å². The molecule has 1 atom stereocenters. The van der Waals surface area contributed by atoms with Crippen molar-refractivity contribution >= 4 is 16.8 Å². The first-order valence-electron chi connectivity index (χ1n) is 8.70. The second-order valence-corrected chi connectivity index (χ2v) is 7.03. The van der Waals surface area contributed by atoms with E-state index in [2.05, 4.69) is 25.3 Å². The van der Waals surface area contributed by atoms with Crippen molar-refractivity contribution in [1.82, 2.24) is 9.55 Å². The molecule has 0 spiro atoms. The number of aromatic nitrogens is 2. The number of para-hydroxylation sites is 1. The van der Waals surface area contributed by atoms with E-state index in [-0.39, 0.29) is 6.04 Å². The standard InChI is InChI=1S/C21H25N3O/c1-12(2)13(3)24-14(4)19(20(15(24)5)21(22)25)18-11-10-16-8-6-7-9-17(16)23-18/h6-13H,1-5H3,(H2,22,25). The van der Waals surface area contributed by atoms with E-state index in [9.17, 15) is 4.79 Å². The molecule has 0 radical (unpaired) electrons. The minimum atomic E-state index is -0.403. The number of carbonyl (C=O) groups excluding carboxylic acids is 1. The van der Waals surface area contributed by atoms with Crippen molar-refractivity contribution in [1.29, 1.82) is 0 Å². The Labute approximate surface area is 148 Å². The third-order valence-electron chi connectivity index (χ3n) is 5.17. The lowest BCUT2D eigenvalue weighted by Crippen LogP contribution is -2.16. The van der Waals surface area contributed by atoms with Gasteiger partial charge in [-0.05, 0) is 38.8 Å². The largest absolute Gasteiger partial charge is 0.366 e. The zero-order valence-corrected chi connectivity index (χ0v) is 15.5. The Morgan fingerprint density at radius 2 is 1.72 bits per heavy atom. The second kappa shape index (κ2) is 6.36. The Morgan fingerprint density at radius 3 is 2.36 bits per heavy atom. The number of carbonyl (C=O) groups is 1. The summed E-state index contributed by atoms with van der Waals surface area (Å²) in [4.78, 5) is 17.0. The summed E-state index contributed by atoms with van der Waals surface area (Å²) in [7, 11) is 0. The molecule has 4 nitrogen and oxygen atoms in total. The highest BCUT2D eigenvalue weighted by molar-refractivity contribution is 6.02. The Kier molecular flexibility index (Phi) is 4.38. The van der Waals surface area contributed by atoms with Gasteiger partial charge in [-0.3, -0.25) is 4.79 Å². The first kappa shape index (κ1) is 17.2. The molecule has 0 bridgehead atoms. The summed E-state index contributed by atoms with van der Waals surface area (Å²) in [5.74, 6) is 0.0446. The van der Waals surface area contributed by atoms with Gasteiger partial charge in [0.15, 0.2) is 0 Å². The van der Waals surface area contributed by atoms with Gasteiger partial charge in [-0.1, -0.05) is 38.1 Å². The van der Waals surface area contributed by atoms with Crippen molar-refractivity contribution in [3.8, 4) is 11.3 Å². The molecule has 0 aliphatic carbocycles. The molecule has 3 aromatic rings. The number of benzene rings is 1. The molecule has 2 heterocycles. The van der Waals surface area contributed by atoms with Crippen molar-refractivity contribution in [3.05, 3.63) is 53.3 Å². The van der Waals surface area contributed by atoms with Crippen LogP contribution in [0.4, 0.5) is 0 Å². The van der Waals surface area contributed by atoms with E-state index < -0.39 is 5.91 Å². The van der Waals surface area contributed by atoms with Crippen LogP contribution in [0.2, 0.25) is 0 Å². The van der Waals surface area contributed by atoms with Crippen molar-refractivity contribution < 1.29 is 4.79 Å². The average Bonchev–Trinajstić information content (AvgIpc) is 2.84. The molecule has 0 aliphatic rings. The second-order valence-electron chi connectivity index (χ2n) is 7.03. The number of fused-ring (bicyclic) bond motifs is 1. The highest BCUT2D eigenvalue weighted by atomic mass is 16.1. The maximum absolute atomic E-state index is 12.2. The fraction of sp³-hybridized carbons (Fsp3) is 0.333. The lowest BCUT2D eigenvalue weighted by Gasteiger charge is -2.22. The van der Waals surface area contributed by atoms with E-state index in [1.165, 1.54) is 0 Å². The van der Waals surface area contributed by atoms with Crippen LogP contribution >= 0.6 is 0 Å². The minimum Gasteiger partial charge on any atom is -0.366 e. The minimum absolute atomic E-state index is 0.271. The molecule has 1 aromatic carbocycles. The summed E-state index contributed by atoms with van der Waals surface area (Å²) in [5, 5.41) is 1.08. The van der Waals surface area contributed by atoms with Gasteiger partial charge in [-0.15, -0.1) is 0 Å². The van der Waals surface area contributed by atoms with Gasteiger partial charge in [-0.25, -0.2) is 4.98 Å². The van der Waals surface area contributed by atoms with Crippen LogP contribution in [0.15, 0.2) is 36.4 Å². The zero-order chi connectivity index (χ0) is 18.3. The van der Waals surface area contributed by atoms with Crippen LogP contribution in [-0.2, 0) is 0 Å². The van der Waals surface area contributed by atoms with Crippen LogP contribution in [0.5, 0.6) is 0 Å². The van der Waals surface area contributed by atoms with Crippen LogP contribution in [0.3, 0.4) is 0 Å². The average molecular weight is 335 g/mol. The quantitative estimate of drug-likeness (QED) is 0.755. The van der Waals surface area contributed by atoms with Crippen LogP contribution in [0, 0.1) is 19.8 Å². The fourth-order valence-corrected chi connectivity index (χ4v) is 3.58. The van der Waals surface area contributed by atoms with Gasteiger partial charge in [-0.2, -0.15) is 0 Å². The van der Waals surface area contributed by atoms with Gasteiger partial charge in [0.2, 0.25) is 0 Å². The van der Waals surface area contributed by atoms with E-state index in [1.54, 1.807) is 0 Å². The molecular weight excluding hydrogens is 310 g/mol. The number of hydrogen-bond acceptors (Lipinski definition) is 2. The molecule has 3 rings (SSSR count). The lowest BCUT2D eigenvalue weighted by atomic mass is 10.0. The Bertz CT molecular complexity index is 953. The SMILES string of the molecule is Cc1c(C(N)=O)c(-c2ccc3ccccc3n2)c(C)n1C(C)C(C)C. The Balaban J connectivity index is 2.30. The molecule has 130 valence electrons. The molecule has 0 saturated heterocycles. The van der Waals surface area contributed by atoms with Gasteiger partial charge in [0, 0.05) is 28.4 Å². The molecule has 0 fully saturated rings. The summed E-state index contributed by atoms with van der Waals surface area (Å²) < 4.78 is 2.22. The van der Waals surface area contributed by atoms with Crippen molar-refractivity contribution in [2.75, 3.05) is 0 Å². The number of pyridine rings is 1. The normalized spacial score (nSPS) is 12.7. The summed E-state index contributed by atoms with van der Waals surface area (Å²) in [6, 6.07) is 12.3. The van der Waals surface area contributed by atoms with Crippen molar-refractivity contribution in [2.24, 2.45) is 11.7 Å². The first-order chi connectivity index (χ1) is 11.8. The van der Waals surface area contributed by atoms with Crippen molar-refractivity contribution in [2.45, 2.75) is 40.7 Å². The Hall–Kier alpha value is -2.62. The van der Waals surface area contributed by atoms with Crippen LogP contribution in [-0.4, -0.2) is 15.5 Å². The van der Waals surface area contributed by atoms with Gasteiger partial charge in [0.05, 0.1) is 16.8 Å². The third kappa shape index (κ3) is 2.82. The summed E-state index contributed by atoms with van der Waals surface area (Å²) in [6.07, 6.45) is 0. The summed E-state index contributed by atoms with van der Waals surface area (Å²) in [5.41, 5.74) is 10.8. The maximum atomic E-state index is 12.2. The molecule has 2 N–H and O–H groups in total. The highest BCUT2D eigenvalue weighted by Crippen LogP contribution is 2.35. The first-order valence-corrected chi connectivity index (χ1v) is 8.70. The van der Waals surface area contributed by atoms with Crippen molar-refractivity contribution in [3.63, 3.8) is 0 Å². The van der Waals surface area contributed by atoms with Crippen LogP contribution in [0.1, 0.15) is 48.6 Å². The van der Waals surface area contributed by atoms with Gasteiger partial charge in [0.25, 0.3) is 5.91 Å². The fourth-order valence-electron chi connectivity index (χ4n) is 3.58. The highest BCUT2D eigenvalue weighted by Gasteiger charge is 2.26. The van der Waals surface area contributed by atoms with Gasteiger partial charge in [0.1, 0.15) is 0 Å². The predicted octanol–water partition coefficient (Wildman–Crippen LogP) is 4.64. The molecule has 2 aromatic heterocycles. The number of rotatable bonds is 4. The number of nitrogens with zero attached hydrogens (tertiary/aromatic N) is 2. The van der Waals surface area contributed by atoms with E-state index >= 15 is 0 Å².